The maximum Gasteiger partial charge on any atom is 0.123 e. The van der Waals surface area contributed by atoms with Crippen molar-refractivity contribution in [2.75, 3.05) is 6.61 Å². The summed E-state index contributed by atoms with van der Waals surface area (Å²) >= 11 is 0. The van der Waals surface area contributed by atoms with Gasteiger partial charge in [0.1, 0.15) is 5.76 Å². The molecule has 0 amide bonds. The SMILES string of the molecule is CCOC1(C(N)c2ccco2)CCC(C)CC1. The Morgan fingerprint density at radius 2 is 2.24 bits per heavy atom. The maximum absolute atomic E-state index is 6.36. The van der Waals surface area contributed by atoms with E-state index in [4.69, 9.17) is 14.9 Å². The summed E-state index contributed by atoms with van der Waals surface area (Å²) in [6.45, 7) is 5.05. The first-order valence-electron chi connectivity index (χ1n) is 6.61. The van der Waals surface area contributed by atoms with Crippen molar-refractivity contribution in [1.29, 1.82) is 0 Å². The summed E-state index contributed by atoms with van der Waals surface area (Å²) in [7, 11) is 0. The highest BCUT2D eigenvalue weighted by atomic mass is 16.5. The molecule has 0 radical (unpaired) electrons. The van der Waals surface area contributed by atoms with Crippen molar-refractivity contribution in [3.63, 3.8) is 0 Å². The molecule has 0 aromatic carbocycles. The molecular weight excluding hydrogens is 214 g/mol. The van der Waals surface area contributed by atoms with Crippen molar-refractivity contribution in [3.8, 4) is 0 Å². The minimum atomic E-state index is -0.223. The predicted molar refractivity (Wildman–Crippen MR) is 67.6 cm³/mol. The molecule has 0 spiro atoms. The molecule has 1 atom stereocenters. The summed E-state index contributed by atoms with van der Waals surface area (Å²) in [5.74, 6) is 1.63. The first-order valence-corrected chi connectivity index (χ1v) is 6.61. The number of hydrogen-bond donors (Lipinski definition) is 1. The van der Waals surface area contributed by atoms with Crippen LogP contribution in [0.4, 0.5) is 0 Å². The Labute approximate surface area is 103 Å². The van der Waals surface area contributed by atoms with Gasteiger partial charge in [-0.1, -0.05) is 6.92 Å². The molecular formula is C14H23NO2. The molecule has 3 nitrogen and oxygen atoms in total. The molecule has 1 aliphatic rings. The van der Waals surface area contributed by atoms with Crippen LogP contribution in [0, 0.1) is 5.92 Å². The molecule has 1 unspecified atom stereocenters. The van der Waals surface area contributed by atoms with E-state index in [2.05, 4.69) is 6.92 Å². The molecule has 17 heavy (non-hydrogen) atoms. The lowest BCUT2D eigenvalue weighted by Gasteiger charge is -2.42. The van der Waals surface area contributed by atoms with Crippen molar-refractivity contribution >= 4 is 0 Å². The number of rotatable bonds is 4. The summed E-state index contributed by atoms with van der Waals surface area (Å²) in [5, 5.41) is 0. The van der Waals surface area contributed by atoms with E-state index in [-0.39, 0.29) is 11.6 Å². The van der Waals surface area contributed by atoms with Gasteiger partial charge < -0.3 is 14.9 Å². The molecule has 2 N–H and O–H groups in total. The smallest absolute Gasteiger partial charge is 0.123 e. The van der Waals surface area contributed by atoms with Crippen LogP contribution in [-0.2, 0) is 4.74 Å². The van der Waals surface area contributed by atoms with Crippen molar-refractivity contribution in [2.24, 2.45) is 11.7 Å². The molecule has 1 aromatic heterocycles. The average Bonchev–Trinajstić information content (AvgIpc) is 2.85. The quantitative estimate of drug-likeness (QED) is 0.874. The maximum atomic E-state index is 6.36. The van der Waals surface area contributed by atoms with E-state index in [1.165, 1.54) is 12.8 Å². The highest BCUT2D eigenvalue weighted by Crippen LogP contribution is 2.42. The molecule has 96 valence electrons. The number of nitrogens with two attached hydrogens (primary N) is 1. The Bertz CT molecular complexity index is 326. The third kappa shape index (κ3) is 2.55. The van der Waals surface area contributed by atoms with Gasteiger partial charge in [-0.05, 0) is 50.7 Å². The fourth-order valence-corrected chi connectivity index (χ4v) is 2.81. The Kier molecular flexibility index (Phi) is 3.89. The van der Waals surface area contributed by atoms with Crippen LogP contribution in [-0.4, -0.2) is 12.2 Å². The van der Waals surface area contributed by atoms with Gasteiger partial charge in [-0.15, -0.1) is 0 Å². The van der Waals surface area contributed by atoms with Crippen LogP contribution in [0.1, 0.15) is 51.3 Å². The first-order chi connectivity index (χ1) is 8.18. The minimum absolute atomic E-state index is 0.148. The lowest BCUT2D eigenvalue weighted by atomic mass is 9.75. The van der Waals surface area contributed by atoms with E-state index in [9.17, 15) is 0 Å². The van der Waals surface area contributed by atoms with Crippen LogP contribution in [0.2, 0.25) is 0 Å². The van der Waals surface area contributed by atoms with Crippen LogP contribution in [0.25, 0.3) is 0 Å². The molecule has 0 bridgehead atoms. The predicted octanol–water partition coefficient (Wildman–Crippen LogP) is 3.26. The van der Waals surface area contributed by atoms with E-state index >= 15 is 0 Å². The van der Waals surface area contributed by atoms with Crippen LogP contribution in [0.5, 0.6) is 0 Å². The Morgan fingerprint density at radius 3 is 2.76 bits per heavy atom. The van der Waals surface area contributed by atoms with Crippen LogP contribution in [0.15, 0.2) is 22.8 Å². The molecule has 1 aromatic rings. The summed E-state index contributed by atoms with van der Waals surface area (Å²) in [5.41, 5.74) is 6.14. The molecule has 0 aliphatic heterocycles. The van der Waals surface area contributed by atoms with Gasteiger partial charge in [0.2, 0.25) is 0 Å². The van der Waals surface area contributed by atoms with Gasteiger partial charge in [-0.25, -0.2) is 0 Å². The summed E-state index contributed by atoms with van der Waals surface area (Å²) in [4.78, 5) is 0. The highest BCUT2D eigenvalue weighted by molar-refractivity contribution is 5.11. The number of ether oxygens (including phenoxy) is 1. The Hall–Kier alpha value is -0.800. The lowest BCUT2D eigenvalue weighted by molar-refractivity contribution is -0.0931. The van der Waals surface area contributed by atoms with Crippen LogP contribution >= 0.6 is 0 Å². The Balaban J connectivity index is 2.16. The van der Waals surface area contributed by atoms with Gasteiger partial charge in [0.25, 0.3) is 0 Å². The van der Waals surface area contributed by atoms with E-state index in [1.807, 2.05) is 19.1 Å². The zero-order valence-corrected chi connectivity index (χ0v) is 10.8. The molecule has 1 aliphatic carbocycles. The standard InChI is InChI=1S/C14H23NO2/c1-3-17-14(8-6-11(2)7-9-14)13(15)12-5-4-10-16-12/h4-5,10-11,13H,3,6-9,15H2,1-2H3. The summed E-state index contributed by atoms with van der Waals surface area (Å²) in [6, 6.07) is 3.69. The fourth-order valence-electron chi connectivity index (χ4n) is 2.81. The third-order valence-corrected chi connectivity index (χ3v) is 3.97. The Morgan fingerprint density at radius 1 is 1.53 bits per heavy atom. The lowest BCUT2D eigenvalue weighted by Crippen LogP contribution is -2.46. The second kappa shape index (κ2) is 5.23. The van der Waals surface area contributed by atoms with E-state index in [0.717, 1.165) is 24.5 Å². The van der Waals surface area contributed by atoms with Crippen molar-refractivity contribution < 1.29 is 9.15 Å². The second-order valence-corrected chi connectivity index (χ2v) is 5.17. The second-order valence-electron chi connectivity index (χ2n) is 5.17. The third-order valence-electron chi connectivity index (χ3n) is 3.97. The van der Waals surface area contributed by atoms with Crippen molar-refractivity contribution in [1.82, 2.24) is 0 Å². The zero-order chi connectivity index (χ0) is 12.3. The van der Waals surface area contributed by atoms with E-state index in [0.29, 0.717) is 6.61 Å². The number of furan rings is 1. The van der Waals surface area contributed by atoms with E-state index in [1.54, 1.807) is 6.26 Å². The zero-order valence-electron chi connectivity index (χ0n) is 10.8. The molecule has 3 heteroatoms. The molecule has 1 heterocycles. The van der Waals surface area contributed by atoms with Gasteiger partial charge >= 0.3 is 0 Å². The van der Waals surface area contributed by atoms with Crippen molar-refractivity contribution in [2.45, 2.75) is 51.2 Å². The topological polar surface area (TPSA) is 48.4 Å². The highest BCUT2D eigenvalue weighted by Gasteiger charge is 2.42. The van der Waals surface area contributed by atoms with Crippen LogP contribution in [0.3, 0.4) is 0 Å². The van der Waals surface area contributed by atoms with Gasteiger partial charge in [0.15, 0.2) is 0 Å². The van der Waals surface area contributed by atoms with Gasteiger partial charge in [-0.3, -0.25) is 0 Å². The molecule has 0 saturated heterocycles. The summed E-state index contributed by atoms with van der Waals surface area (Å²) in [6.07, 6.45) is 6.12. The van der Waals surface area contributed by atoms with Gasteiger partial charge in [0.05, 0.1) is 17.9 Å². The molecule has 2 rings (SSSR count). The summed E-state index contributed by atoms with van der Waals surface area (Å²) < 4.78 is 11.5. The van der Waals surface area contributed by atoms with Gasteiger partial charge in [0, 0.05) is 6.61 Å². The monoisotopic (exact) mass is 237 g/mol. The molecule has 1 saturated carbocycles. The number of hydrogen-bond acceptors (Lipinski definition) is 3. The fraction of sp³-hybridized carbons (Fsp3) is 0.714. The average molecular weight is 237 g/mol. The largest absolute Gasteiger partial charge is 0.468 e. The van der Waals surface area contributed by atoms with Crippen LogP contribution < -0.4 is 5.73 Å². The van der Waals surface area contributed by atoms with E-state index < -0.39 is 0 Å². The molecule has 1 fully saturated rings. The normalized spacial score (nSPS) is 31.4. The van der Waals surface area contributed by atoms with Crippen molar-refractivity contribution in [3.05, 3.63) is 24.2 Å². The first kappa shape index (κ1) is 12.7. The minimum Gasteiger partial charge on any atom is -0.468 e. The van der Waals surface area contributed by atoms with Gasteiger partial charge in [-0.2, -0.15) is 0 Å².